The van der Waals surface area contributed by atoms with Crippen LogP contribution in [0.1, 0.15) is 179 Å². The van der Waals surface area contributed by atoms with E-state index in [1.54, 1.807) is 0 Å². The maximum Gasteiger partial charge on any atom is 0.125 e. The summed E-state index contributed by atoms with van der Waals surface area (Å²) in [6, 6.07) is 26.5. The summed E-state index contributed by atoms with van der Waals surface area (Å²) in [6.07, 6.45) is 6.62. The molecular weight excluding hydrogens is 981 g/mol. The van der Waals surface area contributed by atoms with Crippen LogP contribution < -0.4 is 4.74 Å². The number of ether oxygens (including phenoxy) is 1. The molecular formula is C75H88O5. The highest BCUT2D eigenvalue weighted by molar-refractivity contribution is 5.59. The van der Waals surface area contributed by atoms with Gasteiger partial charge in [0.1, 0.15) is 28.7 Å². The summed E-state index contributed by atoms with van der Waals surface area (Å²) in [7, 11) is 0. The van der Waals surface area contributed by atoms with Gasteiger partial charge in [-0.3, -0.25) is 0 Å². The molecule has 0 fully saturated rings. The first kappa shape index (κ1) is 58.9. The Labute approximate surface area is 479 Å². The fourth-order valence-corrected chi connectivity index (χ4v) is 13.6. The number of rotatable bonds is 17. The smallest absolute Gasteiger partial charge is 0.125 e. The van der Waals surface area contributed by atoms with Crippen LogP contribution in [0.15, 0.2) is 72.8 Å². The van der Waals surface area contributed by atoms with Crippen LogP contribution in [0.3, 0.4) is 0 Å². The molecule has 0 saturated carbocycles. The Bertz CT molecular complexity index is 3180. The zero-order valence-corrected chi connectivity index (χ0v) is 51.5. The fraction of sp³-hybridized carbons (Fsp3) is 0.360. The summed E-state index contributed by atoms with van der Waals surface area (Å²) in [4.78, 5) is 0. The lowest BCUT2D eigenvalue weighted by Gasteiger charge is -2.24. The maximum absolute atomic E-state index is 10.6. The maximum atomic E-state index is 10.6. The minimum atomic E-state index is 0.368. The first-order valence-corrected chi connectivity index (χ1v) is 28.9. The summed E-state index contributed by atoms with van der Waals surface area (Å²) in [5.41, 5.74) is 37.0. The molecule has 0 heterocycles. The van der Waals surface area contributed by atoms with Crippen molar-refractivity contribution in [1.82, 2.24) is 0 Å². The monoisotopic (exact) mass is 1070 g/mol. The lowest BCUT2D eigenvalue weighted by atomic mass is 9.81. The van der Waals surface area contributed by atoms with E-state index < -0.39 is 0 Å². The van der Waals surface area contributed by atoms with Crippen LogP contribution in [-0.2, 0) is 44.9 Å². The van der Waals surface area contributed by atoms with Crippen molar-refractivity contribution in [2.24, 2.45) is 0 Å². The molecule has 418 valence electrons. The van der Waals surface area contributed by atoms with E-state index >= 15 is 0 Å². The summed E-state index contributed by atoms with van der Waals surface area (Å²) < 4.78 is 6.69. The van der Waals surface area contributed by atoms with Crippen molar-refractivity contribution in [2.75, 3.05) is 6.61 Å². The van der Waals surface area contributed by atoms with Gasteiger partial charge in [0.15, 0.2) is 0 Å². The number of phenols is 4. The van der Waals surface area contributed by atoms with Crippen molar-refractivity contribution >= 4 is 0 Å². The molecule has 0 aliphatic carbocycles. The first-order chi connectivity index (χ1) is 37.7. The van der Waals surface area contributed by atoms with E-state index in [4.69, 9.17) is 4.74 Å². The molecule has 5 heteroatoms. The fourth-order valence-electron chi connectivity index (χ4n) is 13.6. The van der Waals surface area contributed by atoms with Crippen LogP contribution in [0.4, 0.5) is 0 Å². The summed E-state index contributed by atoms with van der Waals surface area (Å²) in [5.74, 6) is 2.45. The van der Waals surface area contributed by atoms with E-state index in [0.29, 0.717) is 29.6 Å². The highest BCUT2D eigenvalue weighted by Gasteiger charge is 2.23. The molecule has 0 amide bonds. The second-order valence-corrected chi connectivity index (χ2v) is 24.2. The Hall–Kier alpha value is -7.24. The van der Waals surface area contributed by atoms with Gasteiger partial charge in [0.2, 0.25) is 0 Å². The largest absolute Gasteiger partial charge is 0.507 e. The number of aromatic hydroxyl groups is 4. The molecule has 0 radical (unpaired) electrons. The number of hydrogen-bond donors (Lipinski definition) is 4. The van der Waals surface area contributed by atoms with Crippen LogP contribution in [0, 0.1) is 125 Å². The van der Waals surface area contributed by atoms with Crippen molar-refractivity contribution in [3.63, 3.8) is 0 Å². The van der Waals surface area contributed by atoms with Crippen LogP contribution >= 0.6 is 0 Å². The van der Waals surface area contributed by atoms with Crippen LogP contribution in [0.5, 0.6) is 28.7 Å². The lowest BCUT2D eigenvalue weighted by Crippen LogP contribution is -2.10. The second kappa shape index (κ2) is 23.8. The van der Waals surface area contributed by atoms with E-state index in [-0.39, 0.29) is 0 Å². The van der Waals surface area contributed by atoms with Crippen molar-refractivity contribution in [1.29, 1.82) is 0 Å². The number of aryl methyl sites for hydroxylation is 12. The average molecular weight is 1070 g/mol. The standard InChI is InChI=1S/C75H88O5/c1-40-22-58(34-65-52(13)66(35-59-24-42(3)71(76)43(4)25-59)54(15)67(53(65)14)36-60-26-44(5)72(77)45(6)27-60)23-41(2)64(40)20-19-21-80-75-50(11)32-63(33-51(75)12)39-70-56(17)68(37-61-28-46(7)73(78)47(8)29-61)55(16)69(57(70)18)38-62-30-48(9)74(79)49(10)31-62/h22-33,76-79H,19-21,34-39H2,1-18H3. The molecule has 0 aliphatic rings. The molecule has 0 spiro atoms. The minimum Gasteiger partial charge on any atom is -0.507 e. The Balaban J connectivity index is 1.01. The van der Waals surface area contributed by atoms with Crippen LogP contribution in [0.2, 0.25) is 0 Å². The van der Waals surface area contributed by atoms with E-state index in [2.05, 4.69) is 142 Å². The zero-order chi connectivity index (χ0) is 58.3. The number of phenolic OH excluding ortho intramolecular Hbond substituents is 4. The van der Waals surface area contributed by atoms with Crippen molar-refractivity contribution in [3.8, 4) is 28.7 Å². The third-order valence-electron chi connectivity index (χ3n) is 18.0. The van der Waals surface area contributed by atoms with E-state index in [9.17, 15) is 20.4 Å². The van der Waals surface area contributed by atoms with Gasteiger partial charge in [0.25, 0.3) is 0 Å². The van der Waals surface area contributed by atoms with Gasteiger partial charge in [-0.2, -0.15) is 0 Å². The topological polar surface area (TPSA) is 90.2 Å². The molecule has 0 aliphatic heterocycles. The van der Waals surface area contributed by atoms with Crippen molar-refractivity contribution < 1.29 is 25.2 Å². The van der Waals surface area contributed by atoms with E-state index in [1.165, 1.54) is 117 Å². The molecule has 0 unspecified atom stereocenters. The average Bonchev–Trinajstić information content (AvgIpc) is 3.38. The zero-order valence-electron chi connectivity index (χ0n) is 51.5. The third-order valence-corrected chi connectivity index (χ3v) is 18.0. The lowest BCUT2D eigenvalue weighted by molar-refractivity contribution is 0.306. The SMILES string of the molecule is Cc1cc(Cc2c(C)c(Cc3cc(C)c(O)c(C)c3)c(C)c(Cc3cc(C)c(CCCOc4c(C)cc(Cc5c(C)c(Cc6cc(C)c(O)c(C)c6)c(C)c(Cc6cc(C)c(O)c(C)c6)c5C)cc4C)c(C)c3)c2C)cc(C)c1O. The van der Waals surface area contributed by atoms with Gasteiger partial charge >= 0.3 is 0 Å². The molecule has 0 aromatic heterocycles. The summed E-state index contributed by atoms with van der Waals surface area (Å²) in [5, 5.41) is 42.6. The second-order valence-electron chi connectivity index (χ2n) is 24.2. The van der Waals surface area contributed by atoms with Crippen molar-refractivity contribution in [2.45, 2.75) is 176 Å². The first-order valence-electron chi connectivity index (χ1n) is 28.9. The minimum absolute atomic E-state index is 0.368. The quantitative estimate of drug-likeness (QED) is 0.0682. The third kappa shape index (κ3) is 12.2. The molecule has 5 nitrogen and oxygen atoms in total. The summed E-state index contributed by atoms with van der Waals surface area (Å²) >= 11 is 0. The normalized spacial score (nSPS) is 11.5. The Morgan fingerprint density at radius 2 is 0.438 bits per heavy atom. The predicted octanol–water partition coefficient (Wildman–Crippen LogP) is 17.6. The van der Waals surface area contributed by atoms with Crippen LogP contribution in [-0.4, -0.2) is 27.0 Å². The number of hydrogen-bond acceptors (Lipinski definition) is 5. The van der Waals surface area contributed by atoms with Gasteiger partial charge in [0, 0.05) is 0 Å². The Morgan fingerprint density at radius 3 is 0.650 bits per heavy atom. The van der Waals surface area contributed by atoms with Gasteiger partial charge in [-0.15, -0.1) is 0 Å². The van der Waals surface area contributed by atoms with Gasteiger partial charge in [0.05, 0.1) is 6.61 Å². The van der Waals surface area contributed by atoms with E-state index in [0.717, 1.165) is 113 Å². The van der Waals surface area contributed by atoms with Gasteiger partial charge in [-0.25, -0.2) is 0 Å². The molecule has 8 aromatic rings. The Kier molecular flexibility index (Phi) is 17.6. The molecule has 80 heavy (non-hydrogen) atoms. The highest BCUT2D eigenvalue weighted by atomic mass is 16.5. The molecule has 0 atom stereocenters. The summed E-state index contributed by atoms with van der Waals surface area (Å²) in [6.45, 7) is 39.2. The molecule has 4 N–H and O–H groups in total. The molecule has 0 saturated heterocycles. The molecule has 8 rings (SSSR count). The van der Waals surface area contributed by atoms with Crippen LogP contribution in [0.25, 0.3) is 0 Å². The predicted molar refractivity (Wildman–Crippen MR) is 334 cm³/mol. The molecule has 0 bridgehead atoms. The Morgan fingerprint density at radius 1 is 0.250 bits per heavy atom. The number of benzene rings is 8. The van der Waals surface area contributed by atoms with Gasteiger partial charge in [-0.1, -0.05) is 72.8 Å². The molecule has 8 aromatic carbocycles. The van der Waals surface area contributed by atoms with E-state index in [1.807, 2.05) is 55.4 Å². The highest BCUT2D eigenvalue weighted by Crippen LogP contribution is 2.38. The van der Waals surface area contributed by atoms with Crippen molar-refractivity contribution in [3.05, 3.63) is 245 Å². The van der Waals surface area contributed by atoms with Gasteiger partial charge < -0.3 is 25.2 Å². The van der Waals surface area contributed by atoms with Gasteiger partial charge in [-0.05, 0) is 348 Å².